The molecule has 4 rings (SSSR count). The molecule has 31 heavy (non-hydrogen) atoms. The molecule has 0 radical (unpaired) electrons. The molecule has 0 saturated heterocycles. The van der Waals surface area contributed by atoms with Crippen LogP contribution in [0.15, 0.2) is 77.6 Å². The van der Waals surface area contributed by atoms with Crippen LogP contribution in [0.4, 0.5) is 5.69 Å². The second-order valence-corrected chi connectivity index (χ2v) is 7.61. The number of H-pyrrole nitrogens is 1. The maximum Gasteiger partial charge on any atom is 0.277 e. The molecular weight excluding hydrogens is 386 g/mol. The predicted octanol–water partition coefficient (Wildman–Crippen LogP) is 5.28. The van der Waals surface area contributed by atoms with Gasteiger partial charge in [0.15, 0.2) is 0 Å². The van der Waals surface area contributed by atoms with Gasteiger partial charge in [-0.3, -0.25) is 9.59 Å². The number of nitrogens with one attached hydrogen (secondary N) is 2. The number of nitrogens with zero attached hydrogens (tertiary/aromatic N) is 1. The van der Waals surface area contributed by atoms with Crippen molar-refractivity contribution in [2.75, 3.05) is 5.32 Å². The van der Waals surface area contributed by atoms with Crippen LogP contribution in [-0.4, -0.2) is 16.1 Å². The fraction of sp³-hybridized carbons (Fsp3) is 0.115. The molecule has 0 atom stereocenters. The third kappa shape index (κ3) is 4.03. The molecule has 154 valence electrons. The molecule has 4 aromatic rings. The number of aromatic nitrogens is 2. The summed E-state index contributed by atoms with van der Waals surface area (Å²) in [4.78, 5) is 26.3. The summed E-state index contributed by atoms with van der Waals surface area (Å²) in [5, 5.41) is 9.78. The SMILES string of the molecule is Cc1cc(C)c(NC(=O)c2c(-c3ccccc3)c(-c3ccccc3)n[nH]c2=O)c(C)c1. The highest BCUT2D eigenvalue weighted by molar-refractivity contribution is 6.10. The van der Waals surface area contributed by atoms with E-state index in [1.807, 2.05) is 93.6 Å². The Hall–Kier alpha value is -3.99. The van der Waals surface area contributed by atoms with Gasteiger partial charge in [-0.25, -0.2) is 5.10 Å². The smallest absolute Gasteiger partial charge is 0.277 e. The fourth-order valence-corrected chi connectivity index (χ4v) is 3.91. The molecule has 2 N–H and O–H groups in total. The minimum Gasteiger partial charge on any atom is -0.321 e. The van der Waals surface area contributed by atoms with Gasteiger partial charge in [-0.15, -0.1) is 0 Å². The Morgan fingerprint density at radius 3 is 1.97 bits per heavy atom. The summed E-state index contributed by atoms with van der Waals surface area (Å²) in [6, 6.07) is 22.9. The first-order valence-corrected chi connectivity index (χ1v) is 10.1. The number of aromatic amines is 1. The van der Waals surface area contributed by atoms with E-state index in [2.05, 4.69) is 15.5 Å². The van der Waals surface area contributed by atoms with Crippen LogP contribution in [0.1, 0.15) is 27.0 Å². The van der Waals surface area contributed by atoms with E-state index < -0.39 is 11.5 Å². The van der Waals surface area contributed by atoms with Gasteiger partial charge in [-0.05, 0) is 37.5 Å². The summed E-state index contributed by atoms with van der Waals surface area (Å²) in [6.45, 7) is 5.90. The first-order chi connectivity index (χ1) is 15.0. The molecule has 1 heterocycles. The second kappa shape index (κ2) is 8.40. The minimum atomic E-state index is -0.529. The molecule has 1 amide bonds. The Labute approximate surface area is 180 Å². The van der Waals surface area contributed by atoms with Gasteiger partial charge in [0.05, 0.1) is 5.69 Å². The standard InChI is InChI=1S/C26H23N3O2/c1-16-14-17(2)23(18(3)15-16)27-25(30)22-21(19-10-6-4-7-11-19)24(28-29-26(22)31)20-12-8-5-9-13-20/h4-15H,1-3H3,(H,27,30)(H,29,31). The van der Waals surface area contributed by atoms with Gasteiger partial charge in [-0.1, -0.05) is 78.4 Å². The number of aryl methyl sites for hydroxylation is 3. The van der Waals surface area contributed by atoms with Gasteiger partial charge in [0.25, 0.3) is 11.5 Å². The normalized spacial score (nSPS) is 10.7. The van der Waals surface area contributed by atoms with Crippen LogP contribution in [0, 0.1) is 20.8 Å². The third-order valence-corrected chi connectivity index (χ3v) is 5.24. The maximum atomic E-state index is 13.4. The van der Waals surface area contributed by atoms with E-state index in [0.29, 0.717) is 16.9 Å². The quantitative estimate of drug-likeness (QED) is 0.481. The van der Waals surface area contributed by atoms with Gasteiger partial charge in [0.1, 0.15) is 5.56 Å². The van der Waals surface area contributed by atoms with Gasteiger partial charge >= 0.3 is 0 Å². The van der Waals surface area contributed by atoms with Crippen molar-refractivity contribution in [3.05, 3.63) is 105 Å². The summed E-state index contributed by atoms with van der Waals surface area (Å²) >= 11 is 0. The van der Waals surface area contributed by atoms with Crippen molar-refractivity contribution < 1.29 is 4.79 Å². The van der Waals surface area contributed by atoms with Gasteiger partial charge in [0.2, 0.25) is 0 Å². The summed E-state index contributed by atoms with van der Waals surface area (Å²) in [7, 11) is 0. The lowest BCUT2D eigenvalue weighted by Crippen LogP contribution is -2.26. The lowest BCUT2D eigenvalue weighted by atomic mass is 9.95. The van der Waals surface area contributed by atoms with Crippen LogP contribution < -0.4 is 10.9 Å². The van der Waals surface area contributed by atoms with E-state index >= 15 is 0 Å². The number of rotatable bonds is 4. The van der Waals surface area contributed by atoms with Crippen molar-refractivity contribution in [2.45, 2.75) is 20.8 Å². The molecule has 3 aromatic carbocycles. The fourth-order valence-electron chi connectivity index (χ4n) is 3.91. The van der Waals surface area contributed by atoms with Crippen LogP contribution >= 0.6 is 0 Å². The molecule has 0 aliphatic heterocycles. The van der Waals surface area contributed by atoms with E-state index in [9.17, 15) is 9.59 Å². The Bertz CT molecular complexity index is 1290. The van der Waals surface area contributed by atoms with Crippen molar-refractivity contribution in [1.29, 1.82) is 0 Å². The number of benzene rings is 3. The van der Waals surface area contributed by atoms with Gasteiger partial charge in [0, 0.05) is 16.8 Å². The highest BCUT2D eigenvalue weighted by atomic mass is 16.2. The number of hydrogen-bond donors (Lipinski definition) is 2. The van der Waals surface area contributed by atoms with E-state index in [1.54, 1.807) is 0 Å². The van der Waals surface area contributed by atoms with Crippen molar-refractivity contribution in [3.63, 3.8) is 0 Å². The van der Waals surface area contributed by atoms with Gasteiger partial charge in [-0.2, -0.15) is 5.10 Å². The molecule has 0 aliphatic carbocycles. The number of hydrogen-bond acceptors (Lipinski definition) is 3. The predicted molar refractivity (Wildman–Crippen MR) is 124 cm³/mol. The largest absolute Gasteiger partial charge is 0.321 e. The van der Waals surface area contributed by atoms with Crippen molar-refractivity contribution in [3.8, 4) is 22.4 Å². The zero-order valence-electron chi connectivity index (χ0n) is 17.7. The average Bonchev–Trinajstić information content (AvgIpc) is 2.77. The number of amides is 1. The molecular formula is C26H23N3O2. The number of anilines is 1. The highest BCUT2D eigenvalue weighted by Gasteiger charge is 2.23. The third-order valence-electron chi connectivity index (χ3n) is 5.24. The summed E-state index contributed by atoms with van der Waals surface area (Å²) in [6.07, 6.45) is 0. The lowest BCUT2D eigenvalue weighted by molar-refractivity contribution is 0.102. The summed E-state index contributed by atoms with van der Waals surface area (Å²) < 4.78 is 0. The van der Waals surface area contributed by atoms with E-state index in [1.165, 1.54) is 0 Å². The van der Waals surface area contributed by atoms with E-state index in [-0.39, 0.29) is 5.56 Å². The van der Waals surface area contributed by atoms with Crippen LogP contribution in [0.3, 0.4) is 0 Å². The number of carbonyl (C=O) groups excluding carboxylic acids is 1. The zero-order chi connectivity index (χ0) is 22.0. The van der Waals surface area contributed by atoms with Crippen molar-refractivity contribution in [1.82, 2.24) is 10.2 Å². The summed E-state index contributed by atoms with van der Waals surface area (Å²) in [5.74, 6) is -0.463. The molecule has 0 fully saturated rings. The molecule has 0 aliphatic rings. The van der Waals surface area contributed by atoms with Crippen LogP contribution in [0.5, 0.6) is 0 Å². The molecule has 0 spiro atoms. The first-order valence-electron chi connectivity index (χ1n) is 10.1. The Morgan fingerprint density at radius 1 is 0.839 bits per heavy atom. The zero-order valence-corrected chi connectivity index (χ0v) is 17.7. The maximum absolute atomic E-state index is 13.4. The lowest BCUT2D eigenvalue weighted by Gasteiger charge is -2.16. The topological polar surface area (TPSA) is 74.8 Å². The first kappa shape index (κ1) is 20.3. The minimum absolute atomic E-state index is 0.0411. The second-order valence-electron chi connectivity index (χ2n) is 7.61. The molecule has 0 bridgehead atoms. The molecule has 0 unspecified atom stereocenters. The Kier molecular flexibility index (Phi) is 5.50. The number of carbonyl (C=O) groups is 1. The van der Waals surface area contributed by atoms with Crippen LogP contribution in [0.2, 0.25) is 0 Å². The van der Waals surface area contributed by atoms with Gasteiger partial charge < -0.3 is 5.32 Å². The van der Waals surface area contributed by atoms with Crippen LogP contribution in [-0.2, 0) is 0 Å². The van der Waals surface area contributed by atoms with E-state index in [0.717, 1.165) is 27.8 Å². The molecule has 5 heteroatoms. The Morgan fingerprint density at radius 2 is 1.39 bits per heavy atom. The average molecular weight is 409 g/mol. The Balaban J connectivity index is 1.92. The van der Waals surface area contributed by atoms with Crippen molar-refractivity contribution in [2.24, 2.45) is 0 Å². The van der Waals surface area contributed by atoms with Crippen molar-refractivity contribution >= 4 is 11.6 Å². The summed E-state index contributed by atoms with van der Waals surface area (Å²) in [5.41, 5.74) is 5.86. The highest BCUT2D eigenvalue weighted by Crippen LogP contribution is 2.32. The monoisotopic (exact) mass is 409 g/mol. The molecule has 0 saturated carbocycles. The van der Waals surface area contributed by atoms with Crippen LogP contribution in [0.25, 0.3) is 22.4 Å². The molecule has 5 nitrogen and oxygen atoms in total. The van der Waals surface area contributed by atoms with E-state index in [4.69, 9.17) is 0 Å². The molecule has 1 aromatic heterocycles.